The summed E-state index contributed by atoms with van der Waals surface area (Å²) in [6.07, 6.45) is 1.66. The van der Waals surface area contributed by atoms with Crippen LogP contribution >= 0.6 is 11.8 Å². The Morgan fingerprint density at radius 3 is 2.24 bits per heavy atom. The van der Waals surface area contributed by atoms with Crippen LogP contribution in [0.1, 0.15) is 21.5 Å². The van der Waals surface area contributed by atoms with Crippen molar-refractivity contribution < 1.29 is 19.1 Å². The third kappa shape index (κ3) is 7.08. The summed E-state index contributed by atoms with van der Waals surface area (Å²) in [6.45, 7) is 1.94. The molecule has 0 spiro atoms. The number of methoxy groups -OCH3 is 1. The SMILES string of the molecule is COC(=O)CSc1ccc(NC(=O)/C(=C/c2ccccc2C)NC(=O)c2ccccc2)cc1. The fraction of sp³-hybridized carbons (Fsp3) is 0.115. The minimum Gasteiger partial charge on any atom is -0.468 e. The topological polar surface area (TPSA) is 84.5 Å². The highest BCUT2D eigenvalue weighted by molar-refractivity contribution is 8.00. The van der Waals surface area contributed by atoms with Gasteiger partial charge in [-0.1, -0.05) is 42.5 Å². The average molecular weight is 461 g/mol. The minimum atomic E-state index is -0.447. The van der Waals surface area contributed by atoms with Crippen molar-refractivity contribution in [3.63, 3.8) is 0 Å². The van der Waals surface area contributed by atoms with Gasteiger partial charge < -0.3 is 15.4 Å². The predicted octanol–water partition coefficient (Wildman–Crippen LogP) is 4.67. The first-order valence-corrected chi connectivity index (χ1v) is 11.2. The molecule has 7 heteroatoms. The van der Waals surface area contributed by atoms with Gasteiger partial charge in [-0.05, 0) is 60.5 Å². The Morgan fingerprint density at radius 1 is 0.909 bits per heavy atom. The third-order valence-electron chi connectivity index (χ3n) is 4.71. The monoisotopic (exact) mass is 460 g/mol. The Morgan fingerprint density at radius 2 is 1.58 bits per heavy atom. The lowest BCUT2D eigenvalue weighted by molar-refractivity contribution is -0.137. The van der Waals surface area contributed by atoms with E-state index in [1.807, 2.05) is 37.3 Å². The summed E-state index contributed by atoms with van der Waals surface area (Å²) in [5.74, 6) is -0.924. The van der Waals surface area contributed by atoms with Gasteiger partial charge in [0.05, 0.1) is 12.9 Å². The molecule has 2 amide bonds. The average Bonchev–Trinajstić information content (AvgIpc) is 2.84. The number of carbonyl (C=O) groups excluding carboxylic acids is 3. The molecule has 3 rings (SSSR count). The molecule has 0 saturated carbocycles. The molecule has 0 fully saturated rings. The number of benzene rings is 3. The second-order valence-electron chi connectivity index (χ2n) is 7.08. The van der Waals surface area contributed by atoms with Crippen LogP contribution in [0, 0.1) is 6.92 Å². The summed E-state index contributed by atoms with van der Waals surface area (Å²) in [5.41, 5.74) is 2.94. The van der Waals surface area contributed by atoms with E-state index in [0.717, 1.165) is 16.0 Å². The summed E-state index contributed by atoms with van der Waals surface area (Å²) in [7, 11) is 1.35. The molecule has 0 unspecified atom stereocenters. The Balaban J connectivity index is 1.78. The van der Waals surface area contributed by atoms with Crippen LogP contribution in [0.2, 0.25) is 0 Å². The molecule has 0 atom stereocenters. The summed E-state index contributed by atoms with van der Waals surface area (Å²) in [4.78, 5) is 37.9. The van der Waals surface area contributed by atoms with Crippen molar-refractivity contribution in [2.24, 2.45) is 0 Å². The van der Waals surface area contributed by atoms with Gasteiger partial charge >= 0.3 is 5.97 Å². The largest absolute Gasteiger partial charge is 0.468 e. The number of amides is 2. The first kappa shape index (κ1) is 23.8. The Kier molecular flexibility index (Phi) is 8.43. The van der Waals surface area contributed by atoms with Crippen LogP contribution in [-0.2, 0) is 14.3 Å². The second-order valence-corrected chi connectivity index (χ2v) is 8.13. The molecule has 168 valence electrons. The van der Waals surface area contributed by atoms with E-state index in [4.69, 9.17) is 0 Å². The van der Waals surface area contributed by atoms with Gasteiger partial charge in [-0.15, -0.1) is 11.8 Å². The number of anilines is 1. The van der Waals surface area contributed by atoms with Crippen molar-refractivity contribution in [1.82, 2.24) is 5.32 Å². The second kappa shape index (κ2) is 11.7. The zero-order valence-corrected chi connectivity index (χ0v) is 19.1. The summed E-state index contributed by atoms with van der Waals surface area (Å²) >= 11 is 1.34. The van der Waals surface area contributed by atoms with Crippen molar-refractivity contribution in [3.8, 4) is 0 Å². The Labute approximate surface area is 197 Å². The Hall–Kier alpha value is -3.84. The molecule has 0 aromatic heterocycles. The maximum Gasteiger partial charge on any atom is 0.315 e. The quantitative estimate of drug-likeness (QED) is 0.290. The molecule has 3 aromatic carbocycles. The van der Waals surface area contributed by atoms with Crippen LogP contribution in [0.3, 0.4) is 0 Å². The van der Waals surface area contributed by atoms with E-state index in [-0.39, 0.29) is 23.3 Å². The molecule has 0 aliphatic carbocycles. The molecular formula is C26H24N2O4S. The van der Waals surface area contributed by atoms with Crippen LogP contribution in [-0.4, -0.2) is 30.6 Å². The molecule has 33 heavy (non-hydrogen) atoms. The standard InChI is InChI=1S/C26H24N2O4S/c1-18-8-6-7-11-20(18)16-23(28-25(30)19-9-4-3-5-10-19)26(31)27-21-12-14-22(15-13-21)33-17-24(29)32-2/h3-16H,17H2,1-2H3,(H,27,31)(H,28,30)/b23-16-. The zero-order valence-electron chi connectivity index (χ0n) is 18.3. The molecular weight excluding hydrogens is 436 g/mol. The van der Waals surface area contributed by atoms with E-state index >= 15 is 0 Å². The van der Waals surface area contributed by atoms with Crippen molar-refractivity contribution in [2.45, 2.75) is 11.8 Å². The molecule has 6 nitrogen and oxygen atoms in total. The number of carbonyl (C=O) groups is 3. The van der Waals surface area contributed by atoms with Crippen molar-refractivity contribution in [3.05, 3.63) is 101 Å². The van der Waals surface area contributed by atoms with Gasteiger partial charge in [-0.2, -0.15) is 0 Å². The molecule has 0 saturated heterocycles. The van der Waals surface area contributed by atoms with Gasteiger partial charge in [0.15, 0.2) is 0 Å². The van der Waals surface area contributed by atoms with Crippen LogP contribution in [0.25, 0.3) is 6.08 Å². The first-order chi connectivity index (χ1) is 16.0. The lowest BCUT2D eigenvalue weighted by Crippen LogP contribution is -2.30. The summed E-state index contributed by atoms with van der Waals surface area (Å²) < 4.78 is 4.64. The number of aryl methyl sites for hydroxylation is 1. The van der Waals surface area contributed by atoms with Gasteiger partial charge in [0, 0.05) is 16.1 Å². The fourth-order valence-corrected chi connectivity index (χ4v) is 3.61. The fourth-order valence-electron chi connectivity index (χ4n) is 2.88. The maximum absolute atomic E-state index is 13.1. The van der Waals surface area contributed by atoms with Crippen molar-refractivity contribution in [1.29, 1.82) is 0 Å². The highest BCUT2D eigenvalue weighted by Crippen LogP contribution is 2.21. The molecule has 0 bridgehead atoms. The molecule has 0 aliphatic heterocycles. The van der Waals surface area contributed by atoms with Gasteiger partial charge in [0.2, 0.25) is 0 Å². The van der Waals surface area contributed by atoms with Crippen LogP contribution in [0.4, 0.5) is 5.69 Å². The van der Waals surface area contributed by atoms with Crippen molar-refractivity contribution in [2.75, 3.05) is 18.2 Å². The summed E-state index contributed by atoms with van der Waals surface area (Å²) in [5, 5.41) is 5.55. The normalized spacial score (nSPS) is 10.9. The van der Waals surface area contributed by atoms with Crippen molar-refractivity contribution >= 4 is 41.3 Å². The first-order valence-electron chi connectivity index (χ1n) is 10.2. The number of ether oxygens (including phenoxy) is 1. The van der Waals surface area contributed by atoms with E-state index in [1.54, 1.807) is 54.6 Å². The van der Waals surface area contributed by atoms with Gasteiger partial charge in [0.1, 0.15) is 5.70 Å². The number of thioether (sulfide) groups is 1. The van der Waals surface area contributed by atoms with E-state index in [0.29, 0.717) is 11.3 Å². The number of hydrogen-bond acceptors (Lipinski definition) is 5. The van der Waals surface area contributed by atoms with E-state index in [9.17, 15) is 14.4 Å². The summed E-state index contributed by atoms with van der Waals surface area (Å²) in [6, 6.07) is 23.4. The van der Waals surface area contributed by atoms with Gasteiger partial charge in [0.25, 0.3) is 11.8 Å². The molecule has 0 aliphatic rings. The lowest BCUT2D eigenvalue weighted by Gasteiger charge is -2.12. The highest BCUT2D eigenvalue weighted by Gasteiger charge is 2.15. The zero-order chi connectivity index (χ0) is 23.6. The van der Waals surface area contributed by atoms with Gasteiger partial charge in [-0.3, -0.25) is 14.4 Å². The predicted molar refractivity (Wildman–Crippen MR) is 131 cm³/mol. The Bertz CT molecular complexity index is 1160. The highest BCUT2D eigenvalue weighted by atomic mass is 32.2. The molecule has 3 aromatic rings. The van der Waals surface area contributed by atoms with E-state index in [2.05, 4.69) is 15.4 Å². The van der Waals surface area contributed by atoms with E-state index in [1.165, 1.54) is 18.9 Å². The lowest BCUT2D eigenvalue weighted by atomic mass is 10.1. The smallest absolute Gasteiger partial charge is 0.315 e. The van der Waals surface area contributed by atoms with E-state index < -0.39 is 5.91 Å². The van der Waals surface area contributed by atoms with Crippen LogP contribution in [0.15, 0.2) is 89.5 Å². The number of hydrogen-bond donors (Lipinski definition) is 2. The van der Waals surface area contributed by atoms with Crippen LogP contribution in [0.5, 0.6) is 0 Å². The number of esters is 1. The third-order valence-corrected chi connectivity index (χ3v) is 5.70. The minimum absolute atomic E-state index is 0.127. The van der Waals surface area contributed by atoms with Gasteiger partial charge in [-0.25, -0.2) is 0 Å². The van der Waals surface area contributed by atoms with Crippen LogP contribution < -0.4 is 10.6 Å². The molecule has 0 heterocycles. The molecule has 0 radical (unpaired) electrons. The number of rotatable bonds is 8. The molecule has 2 N–H and O–H groups in total. The number of nitrogens with one attached hydrogen (secondary N) is 2. The maximum atomic E-state index is 13.1.